The first kappa shape index (κ1) is 19.2. The number of nitrogens with one attached hydrogen (secondary N) is 1. The van der Waals surface area contributed by atoms with Gasteiger partial charge in [0.1, 0.15) is 0 Å². The largest absolute Gasteiger partial charge is 0.465 e. The molecule has 0 spiro atoms. The van der Waals surface area contributed by atoms with E-state index < -0.39 is 26.0 Å². The first-order chi connectivity index (χ1) is 11.5. The Labute approximate surface area is 149 Å². The fourth-order valence-electron chi connectivity index (χ4n) is 1.90. The summed E-state index contributed by atoms with van der Waals surface area (Å²) in [5.74, 6) is -0.751. The summed E-state index contributed by atoms with van der Waals surface area (Å²) in [6, 6.07) is 8.24. The van der Waals surface area contributed by atoms with E-state index in [-0.39, 0.29) is 26.1 Å². The number of halogens is 1. The highest BCUT2D eigenvalue weighted by molar-refractivity contribution is 7.92. The van der Waals surface area contributed by atoms with E-state index in [0.717, 1.165) is 31.4 Å². The molecule has 2 aromatic carbocycles. The molecule has 2 rings (SSSR count). The lowest BCUT2D eigenvalue weighted by molar-refractivity contribution is 0.0602. The monoisotopic (exact) mass is 404 g/mol. The van der Waals surface area contributed by atoms with Crippen molar-refractivity contribution in [3.63, 3.8) is 0 Å². The summed E-state index contributed by atoms with van der Waals surface area (Å²) in [7, 11) is -6.90. The summed E-state index contributed by atoms with van der Waals surface area (Å²) < 4.78 is 54.2. The number of benzene rings is 2. The van der Waals surface area contributed by atoms with Gasteiger partial charge in [0.2, 0.25) is 10.0 Å². The van der Waals surface area contributed by atoms with Crippen molar-refractivity contribution in [1.29, 1.82) is 0 Å². The van der Waals surface area contributed by atoms with E-state index in [2.05, 4.69) is 9.46 Å². The van der Waals surface area contributed by atoms with Crippen LogP contribution in [0.2, 0.25) is 5.02 Å². The summed E-state index contributed by atoms with van der Waals surface area (Å²) in [6.07, 6.45) is 0. The fraction of sp³-hybridized carbons (Fsp3) is 0.0714. The van der Waals surface area contributed by atoms with Crippen molar-refractivity contribution in [2.75, 3.05) is 11.8 Å². The van der Waals surface area contributed by atoms with Crippen molar-refractivity contribution in [2.24, 2.45) is 5.14 Å². The third-order valence-corrected chi connectivity index (χ3v) is 5.64. The molecule has 0 bridgehead atoms. The summed E-state index contributed by atoms with van der Waals surface area (Å²) in [4.78, 5) is 11.3. The number of sulfonamides is 2. The fourth-order valence-corrected chi connectivity index (χ4v) is 3.66. The number of rotatable bonds is 5. The molecule has 8 nitrogen and oxygen atoms in total. The molecule has 0 saturated carbocycles. The van der Waals surface area contributed by atoms with Gasteiger partial charge >= 0.3 is 5.97 Å². The first-order valence-electron chi connectivity index (χ1n) is 6.58. The molecule has 2 aromatic rings. The van der Waals surface area contributed by atoms with Gasteiger partial charge in [0.15, 0.2) is 0 Å². The average molecular weight is 405 g/mol. The molecule has 11 heteroatoms. The number of ether oxygens (including phenoxy) is 1. The second kappa shape index (κ2) is 7.00. The van der Waals surface area contributed by atoms with Crippen molar-refractivity contribution >= 4 is 43.3 Å². The Hall–Kier alpha value is -2.14. The molecule has 0 aliphatic heterocycles. The normalized spacial score (nSPS) is 11.8. The standard InChI is InChI=1S/C14H13ClN2O6S2/c1-23-14(18)12-7-2-9(15)8-13(12)17-25(21,22)11-5-3-10(4-6-11)24(16,19)20/h2-8,17H,1H3,(H2,16,19,20). The average Bonchev–Trinajstić information content (AvgIpc) is 2.53. The zero-order valence-electron chi connectivity index (χ0n) is 12.8. The summed E-state index contributed by atoms with van der Waals surface area (Å²) in [6.45, 7) is 0. The van der Waals surface area contributed by atoms with Crippen LogP contribution in [0.1, 0.15) is 10.4 Å². The number of esters is 1. The molecule has 25 heavy (non-hydrogen) atoms. The van der Waals surface area contributed by atoms with Crippen LogP contribution in [0.4, 0.5) is 5.69 Å². The molecule has 0 saturated heterocycles. The van der Waals surface area contributed by atoms with Gasteiger partial charge in [-0.05, 0) is 42.5 Å². The quantitative estimate of drug-likeness (QED) is 0.727. The maximum atomic E-state index is 12.5. The molecule has 134 valence electrons. The number of nitrogens with two attached hydrogens (primary N) is 1. The van der Waals surface area contributed by atoms with Gasteiger partial charge in [-0.2, -0.15) is 0 Å². The van der Waals surface area contributed by atoms with Crippen LogP contribution in [0.3, 0.4) is 0 Å². The van der Waals surface area contributed by atoms with Crippen molar-refractivity contribution in [3.05, 3.63) is 53.1 Å². The summed E-state index contributed by atoms with van der Waals surface area (Å²) in [5, 5.41) is 5.17. The van der Waals surface area contributed by atoms with Gasteiger partial charge in [0.25, 0.3) is 10.0 Å². The number of carbonyl (C=O) groups excluding carboxylic acids is 1. The van der Waals surface area contributed by atoms with E-state index in [1.165, 1.54) is 18.2 Å². The third-order valence-electron chi connectivity index (χ3n) is 3.09. The van der Waals surface area contributed by atoms with Crippen LogP contribution in [0.25, 0.3) is 0 Å². The number of anilines is 1. The molecule has 0 aliphatic rings. The van der Waals surface area contributed by atoms with E-state index in [9.17, 15) is 21.6 Å². The second-order valence-corrected chi connectivity index (χ2v) is 8.48. The Morgan fingerprint density at radius 1 is 1.04 bits per heavy atom. The van der Waals surface area contributed by atoms with Crippen LogP contribution in [0.15, 0.2) is 52.3 Å². The lowest BCUT2D eigenvalue weighted by atomic mass is 10.2. The Kier molecular flexibility index (Phi) is 5.37. The topological polar surface area (TPSA) is 133 Å². The lowest BCUT2D eigenvalue weighted by Gasteiger charge is -2.12. The van der Waals surface area contributed by atoms with Gasteiger partial charge in [-0.3, -0.25) is 4.72 Å². The minimum atomic E-state index is -4.11. The molecule has 0 aliphatic carbocycles. The van der Waals surface area contributed by atoms with E-state index in [1.807, 2.05) is 0 Å². The third kappa shape index (κ3) is 4.48. The van der Waals surface area contributed by atoms with Crippen LogP contribution < -0.4 is 9.86 Å². The molecule has 0 fully saturated rings. The van der Waals surface area contributed by atoms with Gasteiger partial charge < -0.3 is 4.74 Å². The van der Waals surface area contributed by atoms with Crippen LogP contribution in [0.5, 0.6) is 0 Å². The summed E-state index contributed by atoms with van der Waals surface area (Å²) >= 11 is 5.84. The maximum Gasteiger partial charge on any atom is 0.339 e. The molecule has 3 N–H and O–H groups in total. The smallest absolute Gasteiger partial charge is 0.339 e. The Morgan fingerprint density at radius 2 is 1.60 bits per heavy atom. The number of hydrogen-bond acceptors (Lipinski definition) is 6. The van der Waals surface area contributed by atoms with Gasteiger partial charge in [-0.25, -0.2) is 26.8 Å². The highest BCUT2D eigenvalue weighted by Crippen LogP contribution is 2.25. The Balaban J connectivity index is 2.43. The molecule has 0 heterocycles. The van der Waals surface area contributed by atoms with E-state index in [4.69, 9.17) is 16.7 Å². The SMILES string of the molecule is COC(=O)c1ccc(Cl)cc1NS(=O)(=O)c1ccc(S(N)(=O)=O)cc1. The number of hydrogen-bond donors (Lipinski definition) is 2. The maximum absolute atomic E-state index is 12.5. The van der Waals surface area contributed by atoms with Gasteiger partial charge in [0, 0.05) is 5.02 Å². The second-order valence-electron chi connectivity index (χ2n) is 4.80. The molecule has 0 aromatic heterocycles. The van der Waals surface area contributed by atoms with Crippen molar-refractivity contribution in [2.45, 2.75) is 9.79 Å². The number of carbonyl (C=O) groups is 1. The van der Waals surface area contributed by atoms with Crippen molar-refractivity contribution in [3.8, 4) is 0 Å². The predicted molar refractivity (Wildman–Crippen MR) is 91.4 cm³/mol. The molecular formula is C14H13ClN2O6S2. The molecule has 0 atom stereocenters. The minimum absolute atomic E-state index is 0.0309. The molecule has 0 unspecified atom stereocenters. The lowest BCUT2D eigenvalue weighted by Crippen LogP contribution is -2.17. The van der Waals surface area contributed by atoms with E-state index in [1.54, 1.807) is 0 Å². The van der Waals surface area contributed by atoms with Crippen LogP contribution in [0, 0.1) is 0 Å². The zero-order valence-corrected chi connectivity index (χ0v) is 15.2. The zero-order chi connectivity index (χ0) is 18.8. The van der Waals surface area contributed by atoms with Crippen molar-refractivity contribution < 1.29 is 26.4 Å². The number of primary sulfonamides is 1. The predicted octanol–water partition coefficient (Wildman–Crippen LogP) is 1.57. The van der Waals surface area contributed by atoms with Gasteiger partial charge in [-0.1, -0.05) is 11.6 Å². The van der Waals surface area contributed by atoms with Crippen LogP contribution >= 0.6 is 11.6 Å². The van der Waals surface area contributed by atoms with Crippen molar-refractivity contribution in [1.82, 2.24) is 0 Å². The molecule has 0 radical (unpaired) electrons. The number of methoxy groups -OCH3 is 1. The highest BCUT2D eigenvalue weighted by Gasteiger charge is 2.20. The van der Waals surface area contributed by atoms with Crippen LogP contribution in [-0.4, -0.2) is 29.9 Å². The molecule has 0 amide bonds. The van der Waals surface area contributed by atoms with Gasteiger partial charge in [-0.15, -0.1) is 0 Å². The van der Waals surface area contributed by atoms with E-state index >= 15 is 0 Å². The minimum Gasteiger partial charge on any atom is -0.465 e. The Bertz CT molecular complexity index is 1020. The highest BCUT2D eigenvalue weighted by atomic mass is 35.5. The molecular weight excluding hydrogens is 392 g/mol. The van der Waals surface area contributed by atoms with Crippen LogP contribution in [-0.2, 0) is 24.8 Å². The first-order valence-corrected chi connectivity index (χ1v) is 9.99. The Morgan fingerprint density at radius 3 is 2.12 bits per heavy atom. The van der Waals surface area contributed by atoms with E-state index in [0.29, 0.717) is 0 Å². The summed E-state index contributed by atoms with van der Waals surface area (Å²) in [5.41, 5.74) is -0.105. The van der Waals surface area contributed by atoms with Gasteiger partial charge in [0.05, 0.1) is 28.2 Å².